The van der Waals surface area contributed by atoms with E-state index in [1.807, 2.05) is 0 Å². The van der Waals surface area contributed by atoms with E-state index in [1.54, 1.807) is 31.2 Å². The van der Waals surface area contributed by atoms with Crippen molar-refractivity contribution < 1.29 is 14.3 Å². The number of hydrogen-bond donors (Lipinski definition) is 1. The zero-order chi connectivity index (χ0) is 13.1. The molecule has 0 aliphatic carbocycles. The Morgan fingerprint density at radius 2 is 2.17 bits per heavy atom. The number of hydrogen-bond acceptors (Lipinski definition) is 4. The molecule has 0 saturated heterocycles. The number of carboxylic acid groups (broad SMARTS) is 1. The topological polar surface area (TPSA) is 85.9 Å². The highest BCUT2D eigenvalue weighted by Crippen LogP contribution is 2.26. The van der Waals surface area contributed by atoms with Crippen molar-refractivity contribution in [3.8, 4) is 11.3 Å². The number of furan rings is 1. The summed E-state index contributed by atoms with van der Waals surface area (Å²) < 4.78 is 5.39. The van der Waals surface area contributed by atoms with E-state index in [9.17, 15) is 10.0 Å². The molecule has 0 aliphatic heterocycles. The zero-order valence-corrected chi connectivity index (χ0v) is 9.58. The van der Waals surface area contributed by atoms with Gasteiger partial charge in [0.15, 0.2) is 0 Å². The van der Waals surface area contributed by atoms with Crippen molar-refractivity contribution in [1.82, 2.24) is 0 Å². The minimum atomic E-state index is -0.969. The normalized spacial score (nSPS) is 10.9. The van der Waals surface area contributed by atoms with Crippen molar-refractivity contribution in [3.63, 3.8) is 0 Å². The Morgan fingerprint density at radius 3 is 2.78 bits per heavy atom. The standard InChI is InChI=1S/C13H11NO4/c1-8-6-9(13(15)16)2-4-11(8)12-5-3-10(18-12)7-14-17/h2-7,17H,1H3,(H,15,16)/p-1/b14-7-. The molecule has 0 saturated carbocycles. The van der Waals surface area contributed by atoms with Crippen LogP contribution in [0.4, 0.5) is 0 Å². The first-order valence-electron chi connectivity index (χ1n) is 5.21. The first-order chi connectivity index (χ1) is 8.61. The van der Waals surface area contributed by atoms with E-state index < -0.39 is 5.97 Å². The van der Waals surface area contributed by atoms with Gasteiger partial charge in [0.25, 0.3) is 0 Å². The van der Waals surface area contributed by atoms with E-state index in [0.29, 0.717) is 11.5 Å². The van der Waals surface area contributed by atoms with Gasteiger partial charge in [0, 0.05) is 5.56 Å². The second-order valence-electron chi connectivity index (χ2n) is 3.77. The fourth-order valence-corrected chi connectivity index (χ4v) is 1.69. The molecular formula is C13H10NO4-. The minimum Gasteiger partial charge on any atom is -0.792 e. The highest BCUT2D eigenvalue weighted by atomic mass is 16.4. The first kappa shape index (κ1) is 11.9. The second kappa shape index (κ2) is 4.75. The van der Waals surface area contributed by atoms with Gasteiger partial charge in [-0.2, -0.15) is 0 Å². The number of aryl methyl sites for hydroxylation is 1. The van der Waals surface area contributed by atoms with Crippen LogP contribution in [0.1, 0.15) is 21.7 Å². The number of rotatable bonds is 3. The summed E-state index contributed by atoms with van der Waals surface area (Å²) in [6.07, 6.45) is 1.07. The third-order valence-corrected chi connectivity index (χ3v) is 2.55. The summed E-state index contributed by atoms with van der Waals surface area (Å²) in [5, 5.41) is 21.6. The summed E-state index contributed by atoms with van der Waals surface area (Å²) in [5.74, 6) is -0.0377. The van der Waals surface area contributed by atoms with Crippen LogP contribution >= 0.6 is 0 Å². The van der Waals surface area contributed by atoms with Gasteiger partial charge in [0.2, 0.25) is 0 Å². The van der Waals surface area contributed by atoms with Crippen molar-refractivity contribution in [1.29, 1.82) is 0 Å². The molecule has 1 aromatic carbocycles. The molecule has 0 unspecified atom stereocenters. The smallest absolute Gasteiger partial charge is 0.335 e. The minimum absolute atomic E-state index is 0.226. The van der Waals surface area contributed by atoms with Gasteiger partial charge in [0.1, 0.15) is 11.5 Å². The van der Waals surface area contributed by atoms with Gasteiger partial charge in [-0.15, -0.1) is 0 Å². The van der Waals surface area contributed by atoms with Crippen LogP contribution in [0.15, 0.2) is 39.9 Å². The number of aromatic carboxylic acids is 1. The van der Waals surface area contributed by atoms with E-state index in [-0.39, 0.29) is 5.56 Å². The van der Waals surface area contributed by atoms with Gasteiger partial charge in [-0.05, 0) is 36.8 Å². The highest BCUT2D eigenvalue weighted by Gasteiger charge is 2.09. The summed E-state index contributed by atoms with van der Waals surface area (Å²) in [6.45, 7) is 1.80. The largest absolute Gasteiger partial charge is 0.792 e. The Kier molecular flexibility index (Phi) is 3.14. The van der Waals surface area contributed by atoms with Crippen LogP contribution < -0.4 is 0 Å². The van der Waals surface area contributed by atoms with E-state index in [0.717, 1.165) is 17.3 Å². The molecule has 0 spiro atoms. The van der Waals surface area contributed by atoms with Gasteiger partial charge in [0.05, 0.1) is 11.8 Å². The SMILES string of the molecule is Cc1cc(C(=O)O)ccc1-c1ccc(/C=N\[O-])o1. The third-order valence-electron chi connectivity index (χ3n) is 2.55. The van der Waals surface area contributed by atoms with Crippen LogP contribution in [0, 0.1) is 12.1 Å². The predicted octanol–water partition coefficient (Wildman–Crippen LogP) is 2.87. The van der Waals surface area contributed by atoms with Crippen LogP contribution in [0.2, 0.25) is 0 Å². The van der Waals surface area contributed by atoms with Crippen LogP contribution in [0.3, 0.4) is 0 Å². The van der Waals surface area contributed by atoms with Gasteiger partial charge in [-0.1, -0.05) is 6.07 Å². The van der Waals surface area contributed by atoms with Crippen LogP contribution in [-0.4, -0.2) is 17.3 Å². The lowest BCUT2D eigenvalue weighted by atomic mass is 10.0. The molecule has 18 heavy (non-hydrogen) atoms. The maximum Gasteiger partial charge on any atom is 0.335 e. The zero-order valence-electron chi connectivity index (χ0n) is 9.58. The van der Waals surface area contributed by atoms with E-state index in [4.69, 9.17) is 9.52 Å². The summed E-state index contributed by atoms with van der Waals surface area (Å²) in [5.41, 5.74) is 1.80. The van der Waals surface area contributed by atoms with Gasteiger partial charge in [-0.3, -0.25) is 0 Å². The number of carbonyl (C=O) groups is 1. The average Bonchev–Trinajstić information content (AvgIpc) is 2.77. The molecule has 2 rings (SSSR count). The fourth-order valence-electron chi connectivity index (χ4n) is 1.69. The molecular weight excluding hydrogens is 234 g/mol. The molecule has 0 atom stereocenters. The number of nitrogens with zero attached hydrogens (tertiary/aromatic N) is 1. The molecule has 0 amide bonds. The Bertz CT molecular complexity index is 613. The summed E-state index contributed by atoms with van der Waals surface area (Å²) >= 11 is 0. The van der Waals surface area contributed by atoms with Gasteiger partial charge in [-0.25, -0.2) is 4.79 Å². The first-order valence-corrected chi connectivity index (χ1v) is 5.21. The van der Waals surface area contributed by atoms with E-state index in [2.05, 4.69) is 5.16 Å². The van der Waals surface area contributed by atoms with Crippen molar-refractivity contribution in [2.45, 2.75) is 6.92 Å². The van der Waals surface area contributed by atoms with Gasteiger partial charge >= 0.3 is 5.97 Å². The molecule has 0 fully saturated rings. The molecule has 0 aliphatic rings. The molecule has 92 valence electrons. The highest BCUT2D eigenvalue weighted by molar-refractivity contribution is 5.89. The lowest BCUT2D eigenvalue weighted by molar-refractivity contribution is 0.0697. The number of benzene rings is 1. The maximum atomic E-state index is 10.8. The third kappa shape index (κ3) is 2.24. The molecule has 1 heterocycles. The average molecular weight is 244 g/mol. The van der Waals surface area contributed by atoms with Crippen LogP contribution in [0.5, 0.6) is 0 Å². The molecule has 0 radical (unpaired) electrons. The molecule has 0 bridgehead atoms. The number of carboxylic acids is 1. The quantitative estimate of drug-likeness (QED) is 0.664. The summed E-state index contributed by atoms with van der Waals surface area (Å²) in [6, 6.07) is 8.09. The Balaban J connectivity index is 2.41. The van der Waals surface area contributed by atoms with Crippen molar-refractivity contribution in [2.75, 3.05) is 0 Å². The molecule has 2 aromatic rings. The summed E-state index contributed by atoms with van der Waals surface area (Å²) in [4.78, 5) is 10.8. The maximum absolute atomic E-state index is 10.8. The Labute approximate surface area is 103 Å². The molecule has 1 N–H and O–H groups in total. The molecule has 5 nitrogen and oxygen atoms in total. The lowest BCUT2D eigenvalue weighted by Gasteiger charge is -2.03. The monoisotopic (exact) mass is 244 g/mol. The Hall–Kier alpha value is -2.56. The fraction of sp³-hybridized carbons (Fsp3) is 0.0769. The predicted molar refractivity (Wildman–Crippen MR) is 66.8 cm³/mol. The molecule has 1 aromatic heterocycles. The lowest BCUT2D eigenvalue weighted by Crippen LogP contribution is -1.96. The van der Waals surface area contributed by atoms with Crippen molar-refractivity contribution in [3.05, 3.63) is 52.4 Å². The van der Waals surface area contributed by atoms with Crippen molar-refractivity contribution >= 4 is 12.2 Å². The van der Waals surface area contributed by atoms with Crippen LogP contribution in [-0.2, 0) is 0 Å². The molecule has 5 heteroatoms. The van der Waals surface area contributed by atoms with E-state index >= 15 is 0 Å². The van der Waals surface area contributed by atoms with Gasteiger partial charge < -0.3 is 19.9 Å². The second-order valence-corrected chi connectivity index (χ2v) is 3.77. The summed E-state index contributed by atoms with van der Waals surface area (Å²) in [7, 11) is 0. The Morgan fingerprint density at radius 1 is 1.39 bits per heavy atom. The van der Waals surface area contributed by atoms with E-state index in [1.165, 1.54) is 6.07 Å². The van der Waals surface area contributed by atoms with Crippen molar-refractivity contribution in [2.24, 2.45) is 5.16 Å². The van der Waals surface area contributed by atoms with Crippen LogP contribution in [0.25, 0.3) is 11.3 Å².